The lowest BCUT2D eigenvalue weighted by Crippen LogP contribution is -2.49. The van der Waals surface area contributed by atoms with Gasteiger partial charge in [0.1, 0.15) is 0 Å². The fourth-order valence-corrected chi connectivity index (χ4v) is 3.14. The SMILES string of the molecule is Cc1ccc(C(=O)N2CCCC(NS(C)(=O)=O)C2)cn1. The minimum Gasteiger partial charge on any atom is -0.337 e. The molecular formula is C13H19N3O3S. The molecule has 1 unspecified atom stereocenters. The van der Waals surface area contributed by atoms with Gasteiger partial charge in [-0.3, -0.25) is 9.78 Å². The molecule has 20 heavy (non-hydrogen) atoms. The molecule has 0 aliphatic carbocycles. The quantitative estimate of drug-likeness (QED) is 0.883. The lowest BCUT2D eigenvalue weighted by atomic mass is 10.1. The first-order chi connectivity index (χ1) is 9.35. The summed E-state index contributed by atoms with van der Waals surface area (Å²) in [4.78, 5) is 18.1. The van der Waals surface area contributed by atoms with Crippen molar-refractivity contribution < 1.29 is 13.2 Å². The van der Waals surface area contributed by atoms with Crippen molar-refractivity contribution in [1.29, 1.82) is 0 Å². The first kappa shape index (κ1) is 14.9. The number of aromatic nitrogens is 1. The maximum Gasteiger partial charge on any atom is 0.255 e. The van der Waals surface area contributed by atoms with E-state index in [1.54, 1.807) is 23.2 Å². The van der Waals surface area contributed by atoms with Gasteiger partial charge < -0.3 is 4.90 Å². The van der Waals surface area contributed by atoms with E-state index < -0.39 is 10.0 Å². The molecule has 7 heteroatoms. The number of hydrogen-bond donors (Lipinski definition) is 1. The van der Waals surface area contributed by atoms with Crippen molar-refractivity contribution in [2.45, 2.75) is 25.8 Å². The van der Waals surface area contributed by atoms with Crippen molar-refractivity contribution in [1.82, 2.24) is 14.6 Å². The summed E-state index contributed by atoms with van der Waals surface area (Å²) in [6, 6.07) is 3.34. The molecule has 1 aliphatic rings. The molecule has 0 saturated carbocycles. The van der Waals surface area contributed by atoms with Gasteiger partial charge >= 0.3 is 0 Å². The fraction of sp³-hybridized carbons (Fsp3) is 0.538. The summed E-state index contributed by atoms with van der Waals surface area (Å²) in [5.41, 5.74) is 1.40. The van der Waals surface area contributed by atoms with Crippen LogP contribution in [-0.2, 0) is 10.0 Å². The van der Waals surface area contributed by atoms with E-state index >= 15 is 0 Å². The van der Waals surface area contributed by atoms with E-state index in [4.69, 9.17) is 0 Å². The normalized spacial score (nSPS) is 19.9. The van der Waals surface area contributed by atoms with Gasteiger partial charge in [0.2, 0.25) is 10.0 Å². The number of rotatable bonds is 3. The van der Waals surface area contributed by atoms with E-state index in [-0.39, 0.29) is 11.9 Å². The number of carbonyl (C=O) groups is 1. The van der Waals surface area contributed by atoms with Gasteiger partial charge in [-0.25, -0.2) is 13.1 Å². The molecule has 110 valence electrons. The monoisotopic (exact) mass is 297 g/mol. The standard InChI is InChI=1S/C13H19N3O3S/c1-10-5-6-11(8-14-10)13(17)16-7-3-4-12(9-16)15-20(2,18)19/h5-6,8,12,15H,3-4,7,9H2,1-2H3. The molecule has 1 atom stereocenters. The molecule has 6 nitrogen and oxygen atoms in total. The second-order valence-electron chi connectivity index (χ2n) is 5.17. The predicted octanol–water partition coefficient (Wildman–Crippen LogP) is 0.544. The van der Waals surface area contributed by atoms with E-state index in [0.717, 1.165) is 24.8 Å². The van der Waals surface area contributed by atoms with Crippen molar-refractivity contribution >= 4 is 15.9 Å². The molecule has 1 aromatic rings. The van der Waals surface area contributed by atoms with Crippen LogP contribution in [0.3, 0.4) is 0 Å². The number of amides is 1. The van der Waals surface area contributed by atoms with Crippen LogP contribution in [0.4, 0.5) is 0 Å². The summed E-state index contributed by atoms with van der Waals surface area (Å²) in [5, 5.41) is 0. The Kier molecular flexibility index (Phi) is 4.39. The van der Waals surface area contributed by atoms with Crippen molar-refractivity contribution in [2.24, 2.45) is 0 Å². The van der Waals surface area contributed by atoms with Gasteiger partial charge in [-0.15, -0.1) is 0 Å². The highest BCUT2D eigenvalue weighted by Crippen LogP contribution is 2.14. The summed E-state index contributed by atoms with van der Waals surface area (Å²) in [6.07, 6.45) is 4.24. The summed E-state index contributed by atoms with van der Waals surface area (Å²) in [6.45, 7) is 2.91. The van der Waals surface area contributed by atoms with Gasteiger partial charge in [-0.1, -0.05) is 0 Å². The van der Waals surface area contributed by atoms with Crippen molar-refractivity contribution in [3.8, 4) is 0 Å². The Labute approximate surface area is 119 Å². The lowest BCUT2D eigenvalue weighted by Gasteiger charge is -2.32. The number of hydrogen-bond acceptors (Lipinski definition) is 4. The number of nitrogens with zero attached hydrogens (tertiary/aromatic N) is 2. The number of carbonyl (C=O) groups excluding carboxylic acids is 1. The number of piperidine rings is 1. The van der Waals surface area contributed by atoms with Gasteiger partial charge in [0.25, 0.3) is 5.91 Å². The molecule has 1 saturated heterocycles. The first-order valence-electron chi connectivity index (χ1n) is 6.54. The summed E-state index contributed by atoms with van der Waals surface area (Å²) in [7, 11) is -3.24. The maximum atomic E-state index is 12.3. The van der Waals surface area contributed by atoms with Gasteiger partial charge in [-0.2, -0.15) is 0 Å². The average molecular weight is 297 g/mol. The second kappa shape index (κ2) is 5.88. The van der Waals surface area contributed by atoms with Crippen LogP contribution >= 0.6 is 0 Å². The average Bonchev–Trinajstić information content (AvgIpc) is 2.37. The summed E-state index contributed by atoms with van der Waals surface area (Å²) >= 11 is 0. The molecule has 0 radical (unpaired) electrons. The van der Waals surface area contributed by atoms with Crippen molar-refractivity contribution in [3.63, 3.8) is 0 Å². The number of sulfonamides is 1. The molecule has 0 spiro atoms. The summed E-state index contributed by atoms with van der Waals surface area (Å²) in [5.74, 6) is -0.0995. The molecule has 1 aliphatic heterocycles. The molecule has 1 aromatic heterocycles. The minimum atomic E-state index is -3.24. The molecule has 1 amide bonds. The minimum absolute atomic E-state index is 0.0995. The largest absolute Gasteiger partial charge is 0.337 e. The van der Waals surface area contributed by atoms with Gasteiger partial charge in [0.05, 0.1) is 11.8 Å². The third-order valence-corrected chi connectivity index (χ3v) is 4.01. The molecule has 2 heterocycles. The Balaban J connectivity index is 2.05. The summed E-state index contributed by atoms with van der Waals surface area (Å²) < 4.78 is 25.1. The highest BCUT2D eigenvalue weighted by Gasteiger charge is 2.26. The Hall–Kier alpha value is -1.47. The van der Waals surface area contributed by atoms with Crippen LogP contribution in [0.5, 0.6) is 0 Å². The van der Waals surface area contributed by atoms with Gasteiger partial charge in [0.15, 0.2) is 0 Å². The van der Waals surface area contributed by atoms with Gasteiger partial charge in [0, 0.05) is 31.0 Å². The fourth-order valence-electron chi connectivity index (χ4n) is 2.34. The number of pyridine rings is 1. The number of aryl methyl sites for hydroxylation is 1. The zero-order valence-electron chi connectivity index (χ0n) is 11.7. The molecule has 1 N–H and O–H groups in total. The molecular weight excluding hydrogens is 278 g/mol. The Morgan fingerprint density at radius 1 is 1.45 bits per heavy atom. The van der Waals surface area contributed by atoms with E-state index in [9.17, 15) is 13.2 Å². The van der Waals surface area contributed by atoms with E-state index in [1.165, 1.54) is 0 Å². The molecule has 0 aromatic carbocycles. The highest BCUT2D eigenvalue weighted by molar-refractivity contribution is 7.88. The van der Waals surface area contributed by atoms with E-state index in [0.29, 0.717) is 18.7 Å². The Bertz CT molecular complexity index is 583. The van der Waals surface area contributed by atoms with Crippen LogP contribution in [0.1, 0.15) is 28.9 Å². The van der Waals surface area contributed by atoms with Crippen LogP contribution in [-0.4, -0.2) is 49.6 Å². The van der Waals surface area contributed by atoms with Crippen molar-refractivity contribution in [3.05, 3.63) is 29.6 Å². The van der Waals surface area contributed by atoms with Gasteiger partial charge in [-0.05, 0) is 31.9 Å². The molecule has 0 bridgehead atoms. The Morgan fingerprint density at radius 2 is 2.20 bits per heavy atom. The number of likely N-dealkylation sites (tertiary alicyclic amines) is 1. The van der Waals surface area contributed by atoms with E-state index in [2.05, 4.69) is 9.71 Å². The van der Waals surface area contributed by atoms with Crippen LogP contribution in [0, 0.1) is 6.92 Å². The third-order valence-electron chi connectivity index (χ3n) is 3.25. The van der Waals surface area contributed by atoms with Crippen LogP contribution in [0.25, 0.3) is 0 Å². The lowest BCUT2D eigenvalue weighted by molar-refractivity contribution is 0.0702. The predicted molar refractivity (Wildman–Crippen MR) is 75.9 cm³/mol. The molecule has 1 fully saturated rings. The topological polar surface area (TPSA) is 79.4 Å². The van der Waals surface area contributed by atoms with Crippen LogP contribution in [0.2, 0.25) is 0 Å². The first-order valence-corrected chi connectivity index (χ1v) is 8.43. The second-order valence-corrected chi connectivity index (χ2v) is 6.95. The zero-order valence-corrected chi connectivity index (χ0v) is 12.5. The number of nitrogens with one attached hydrogen (secondary N) is 1. The van der Waals surface area contributed by atoms with Crippen LogP contribution in [0.15, 0.2) is 18.3 Å². The third kappa shape index (κ3) is 4.01. The Morgan fingerprint density at radius 3 is 2.80 bits per heavy atom. The smallest absolute Gasteiger partial charge is 0.255 e. The zero-order chi connectivity index (χ0) is 14.8. The highest BCUT2D eigenvalue weighted by atomic mass is 32.2. The van der Waals surface area contributed by atoms with Crippen LogP contribution < -0.4 is 4.72 Å². The molecule has 2 rings (SSSR count). The van der Waals surface area contributed by atoms with E-state index in [1.807, 2.05) is 6.92 Å². The maximum absolute atomic E-state index is 12.3. The van der Waals surface area contributed by atoms with Crippen molar-refractivity contribution in [2.75, 3.05) is 19.3 Å².